The Morgan fingerprint density at radius 3 is 2.71 bits per heavy atom. The number of anilines is 1. The maximum Gasteiger partial charge on any atom is 0.115 e. The first-order valence-corrected chi connectivity index (χ1v) is 7.63. The Hall–Kier alpha value is -1.78. The van der Waals surface area contributed by atoms with Crippen LogP contribution in [-0.2, 0) is 6.54 Å². The molecule has 0 amide bonds. The first-order chi connectivity index (χ1) is 10.1. The number of hydrogen-bond acceptors (Lipinski definition) is 2. The smallest absolute Gasteiger partial charge is 0.115 e. The van der Waals surface area contributed by atoms with E-state index in [0.717, 1.165) is 21.3 Å². The first-order valence-electron chi connectivity index (χ1n) is 6.46. The average molecular weight is 363 g/mol. The highest BCUT2D eigenvalue weighted by atomic mass is 79.9. The van der Waals surface area contributed by atoms with Crippen LogP contribution < -0.4 is 5.73 Å². The first kappa shape index (κ1) is 14.2. The Balaban J connectivity index is 1.93. The molecule has 3 aromatic rings. The fourth-order valence-corrected chi connectivity index (χ4v) is 2.78. The lowest BCUT2D eigenvalue weighted by molar-refractivity contribution is 0.687. The van der Waals surface area contributed by atoms with Gasteiger partial charge in [0.15, 0.2) is 0 Å². The second-order valence-electron chi connectivity index (χ2n) is 4.73. The fraction of sp³-hybridized carbons (Fsp3) is 0.0625. The minimum atomic E-state index is 0.643. The summed E-state index contributed by atoms with van der Waals surface area (Å²) >= 11 is 9.57. The van der Waals surface area contributed by atoms with Crippen molar-refractivity contribution in [1.29, 1.82) is 0 Å². The average Bonchev–Trinajstić information content (AvgIpc) is 2.82. The van der Waals surface area contributed by atoms with Gasteiger partial charge in [-0.05, 0) is 23.8 Å². The molecule has 3 nitrogen and oxygen atoms in total. The Kier molecular flexibility index (Phi) is 3.99. The van der Waals surface area contributed by atoms with Crippen LogP contribution in [0.25, 0.3) is 11.3 Å². The van der Waals surface area contributed by atoms with Crippen LogP contribution >= 0.6 is 27.5 Å². The number of nitrogens with two attached hydrogens (primary N) is 1. The summed E-state index contributed by atoms with van der Waals surface area (Å²) in [6.07, 6.45) is 1.84. The van der Waals surface area contributed by atoms with Gasteiger partial charge in [0.25, 0.3) is 0 Å². The van der Waals surface area contributed by atoms with Crippen LogP contribution in [0.4, 0.5) is 5.69 Å². The minimum absolute atomic E-state index is 0.643. The highest BCUT2D eigenvalue weighted by Gasteiger charge is 2.10. The maximum absolute atomic E-state index is 6.08. The van der Waals surface area contributed by atoms with Gasteiger partial charge in [-0.3, -0.25) is 4.68 Å². The monoisotopic (exact) mass is 361 g/mol. The summed E-state index contributed by atoms with van der Waals surface area (Å²) in [5.41, 5.74) is 9.55. The van der Waals surface area contributed by atoms with Gasteiger partial charge in [0, 0.05) is 21.3 Å². The van der Waals surface area contributed by atoms with E-state index < -0.39 is 0 Å². The van der Waals surface area contributed by atoms with Gasteiger partial charge in [-0.25, -0.2) is 0 Å². The van der Waals surface area contributed by atoms with Crippen LogP contribution in [0.1, 0.15) is 5.56 Å². The Morgan fingerprint density at radius 2 is 1.95 bits per heavy atom. The molecule has 2 N–H and O–H groups in total. The number of halogens is 2. The lowest BCUT2D eigenvalue weighted by Gasteiger charge is -2.04. The van der Waals surface area contributed by atoms with Crippen molar-refractivity contribution in [3.8, 4) is 11.3 Å². The molecule has 0 aliphatic rings. The maximum atomic E-state index is 6.08. The summed E-state index contributed by atoms with van der Waals surface area (Å²) in [5.74, 6) is 0. The van der Waals surface area contributed by atoms with Crippen molar-refractivity contribution >= 4 is 33.2 Å². The molecule has 0 saturated carbocycles. The number of aromatic nitrogens is 2. The highest BCUT2D eigenvalue weighted by molar-refractivity contribution is 9.10. The van der Waals surface area contributed by atoms with E-state index in [1.54, 1.807) is 0 Å². The van der Waals surface area contributed by atoms with E-state index >= 15 is 0 Å². The molecule has 0 atom stereocenters. The number of rotatable bonds is 3. The molecule has 0 bridgehead atoms. The largest absolute Gasteiger partial charge is 0.396 e. The molecule has 1 heterocycles. The van der Waals surface area contributed by atoms with Gasteiger partial charge in [0.05, 0.1) is 12.2 Å². The molecule has 2 aromatic carbocycles. The molecule has 0 radical (unpaired) electrons. The van der Waals surface area contributed by atoms with E-state index in [9.17, 15) is 0 Å². The zero-order valence-electron chi connectivity index (χ0n) is 11.1. The van der Waals surface area contributed by atoms with E-state index in [1.807, 2.05) is 53.3 Å². The van der Waals surface area contributed by atoms with Gasteiger partial charge < -0.3 is 5.73 Å². The standard InChI is InChI=1S/C16H13BrClN3/c17-14-7-2-1-4-12(14)9-21-10-15(19)16(20-21)11-5-3-6-13(18)8-11/h1-8,10H,9,19H2. The lowest BCUT2D eigenvalue weighted by atomic mass is 10.1. The normalized spacial score (nSPS) is 10.8. The molecule has 0 aliphatic heterocycles. The van der Waals surface area contributed by atoms with Crippen molar-refractivity contribution in [1.82, 2.24) is 9.78 Å². The van der Waals surface area contributed by atoms with Crippen molar-refractivity contribution in [2.45, 2.75) is 6.54 Å². The number of nitrogens with zero attached hydrogens (tertiary/aromatic N) is 2. The van der Waals surface area contributed by atoms with E-state index in [2.05, 4.69) is 27.1 Å². The minimum Gasteiger partial charge on any atom is -0.396 e. The Bertz CT molecular complexity index is 783. The van der Waals surface area contributed by atoms with Crippen LogP contribution in [0.15, 0.2) is 59.2 Å². The third kappa shape index (κ3) is 3.12. The molecule has 5 heteroatoms. The van der Waals surface area contributed by atoms with Crippen molar-refractivity contribution in [2.75, 3.05) is 5.73 Å². The highest BCUT2D eigenvalue weighted by Crippen LogP contribution is 2.27. The molecule has 21 heavy (non-hydrogen) atoms. The molecule has 1 aromatic heterocycles. The predicted octanol–water partition coefficient (Wildman–Crippen LogP) is 4.60. The van der Waals surface area contributed by atoms with Gasteiger partial charge in [-0.1, -0.05) is 57.9 Å². The third-order valence-electron chi connectivity index (χ3n) is 3.18. The Morgan fingerprint density at radius 1 is 1.14 bits per heavy atom. The summed E-state index contributed by atoms with van der Waals surface area (Å²) in [7, 11) is 0. The summed E-state index contributed by atoms with van der Waals surface area (Å²) in [6, 6.07) is 15.6. The van der Waals surface area contributed by atoms with E-state index in [0.29, 0.717) is 17.3 Å². The van der Waals surface area contributed by atoms with Gasteiger partial charge >= 0.3 is 0 Å². The quantitative estimate of drug-likeness (QED) is 0.740. The summed E-state index contributed by atoms with van der Waals surface area (Å²) in [4.78, 5) is 0. The van der Waals surface area contributed by atoms with Gasteiger partial charge in [0.2, 0.25) is 0 Å². The molecule has 0 aliphatic carbocycles. The van der Waals surface area contributed by atoms with Crippen LogP contribution in [0.2, 0.25) is 5.02 Å². The van der Waals surface area contributed by atoms with Crippen LogP contribution in [0.5, 0.6) is 0 Å². The number of nitrogen functional groups attached to an aromatic ring is 1. The molecule has 0 fully saturated rings. The second kappa shape index (κ2) is 5.92. The second-order valence-corrected chi connectivity index (χ2v) is 6.02. The lowest BCUT2D eigenvalue weighted by Crippen LogP contribution is -2.01. The van der Waals surface area contributed by atoms with Gasteiger partial charge in [-0.15, -0.1) is 0 Å². The SMILES string of the molecule is Nc1cn(Cc2ccccc2Br)nc1-c1cccc(Cl)c1. The van der Waals surface area contributed by atoms with E-state index in [4.69, 9.17) is 17.3 Å². The molecular weight excluding hydrogens is 350 g/mol. The van der Waals surface area contributed by atoms with Crippen LogP contribution in [0, 0.1) is 0 Å². The summed E-state index contributed by atoms with van der Waals surface area (Å²) in [6.45, 7) is 0.659. The third-order valence-corrected chi connectivity index (χ3v) is 4.19. The van der Waals surface area contributed by atoms with Crippen LogP contribution in [-0.4, -0.2) is 9.78 Å². The fourth-order valence-electron chi connectivity index (χ4n) is 2.18. The van der Waals surface area contributed by atoms with E-state index in [-0.39, 0.29) is 0 Å². The topological polar surface area (TPSA) is 43.8 Å². The molecule has 0 unspecified atom stereocenters. The number of hydrogen-bond donors (Lipinski definition) is 1. The Labute approximate surface area is 136 Å². The zero-order chi connectivity index (χ0) is 14.8. The molecule has 3 rings (SSSR count). The van der Waals surface area contributed by atoms with Crippen LogP contribution in [0.3, 0.4) is 0 Å². The van der Waals surface area contributed by atoms with Crippen molar-refractivity contribution in [2.24, 2.45) is 0 Å². The van der Waals surface area contributed by atoms with E-state index in [1.165, 1.54) is 0 Å². The van der Waals surface area contributed by atoms with Crippen molar-refractivity contribution < 1.29 is 0 Å². The summed E-state index contributed by atoms with van der Waals surface area (Å²) in [5, 5.41) is 5.24. The van der Waals surface area contributed by atoms with Crippen molar-refractivity contribution in [3.63, 3.8) is 0 Å². The zero-order valence-corrected chi connectivity index (χ0v) is 13.5. The summed E-state index contributed by atoms with van der Waals surface area (Å²) < 4.78 is 2.90. The molecule has 0 spiro atoms. The number of benzene rings is 2. The van der Waals surface area contributed by atoms with Gasteiger partial charge in [-0.2, -0.15) is 5.10 Å². The molecule has 0 saturated heterocycles. The predicted molar refractivity (Wildman–Crippen MR) is 90.3 cm³/mol. The molecular formula is C16H13BrClN3. The van der Waals surface area contributed by atoms with Crippen molar-refractivity contribution in [3.05, 3.63) is 69.8 Å². The van der Waals surface area contributed by atoms with Gasteiger partial charge in [0.1, 0.15) is 5.69 Å². The molecule has 106 valence electrons.